The quantitative estimate of drug-likeness (QED) is 0.541. The molecule has 0 heterocycles. The van der Waals surface area contributed by atoms with Crippen molar-refractivity contribution in [2.45, 2.75) is 54.1 Å². The van der Waals surface area contributed by atoms with Gasteiger partial charge in [-0.1, -0.05) is 39.8 Å². The molecule has 0 saturated heterocycles. The number of carbonyl (C=O) groups is 1. The van der Waals surface area contributed by atoms with E-state index in [2.05, 4.69) is 0 Å². The monoisotopic (exact) mass is 336 g/mol. The van der Waals surface area contributed by atoms with Crippen LogP contribution >= 0.6 is 0 Å². The van der Waals surface area contributed by atoms with Gasteiger partial charge in [-0.3, -0.25) is 4.79 Å². The molecule has 0 unspecified atom stereocenters. The van der Waals surface area contributed by atoms with Gasteiger partial charge in [0.05, 0.1) is 5.92 Å². The summed E-state index contributed by atoms with van der Waals surface area (Å²) in [6, 6.07) is 0.926. The molecule has 2 nitrogen and oxygen atoms in total. The van der Waals surface area contributed by atoms with Gasteiger partial charge >= 0.3 is 5.97 Å². The Balaban J connectivity index is 2.19. The summed E-state index contributed by atoms with van der Waals surface area (Å²) in [4.78, 5) is 12.4. The number of hydrogen-bond acceptors (Lipinski definition) is 2. The van der Waals surface area contributed by atoms with Crippen LogP contribution in [0.3, 0.4) is 0 Å². The number of carbonyl (C=O) groups excluding carboxylic acids is 1. The fraction of sp³-hybridized carbons (Fsp3) is 0.550. The van der Waals surface area contributed by atoms with Gasteiger partial charge in [-0.2, -0.15) is 0 Å². The Morgan fingerprint density at radius 1 is 1.17 bits per heavy atom. The van der Waals surface area contributed by atoms with Crippen molar-refractivity contribution in [3.8, 4) is 0 Å². The van der Waals surface area contributed by atoms with E-state index < -0.39 is 11.6 Å². The highest BCUT2D eigenvalue weighted by Gasteiger charge is 2.61. The smallest absolute Gasteiger partial charge is 0.310 e. The van der Waals surface area contributed by atoms with Gasteiger partial charge in [-0.05, 0) is 42.2 Å². The summed E-state index contributed by atoms with van der Waals surface area (Å²) in [6.07, 6.45) is 4.82. The lowest BCUT2D eigenvalue weighted by molar-refractivity contribution is -0.147. The number of esters is 1. The molecule has 2 rings (SSSR count). The molecule has 1 aliphatic carbocycles. The number of benzene rings is 1. The van der Waals surface area contributed by atoms with Crippen molar-refractivity contribution < 1.29 is 18.3 Å². The molecule has 0 bridgehead atoms. The fourth-order valence-electron chi connectivity index (χ4n) is 3.62. The van der Waals surface area contributed by atoms with Crippen LogP contribution in [0.1, 0.15) is 51.3 Å². The number of ether oxygens (including phenoxy) is 1. The third-order valence-electron chi connectivity index (χ3n) is 5.19. The van der Waals surface area contributed by atoms with Crippen molar-refractivity contribution in [2.24, 2.45) is 17.3 Å². The SMILES string of the molecule is C/C=C\[C@@H]1[C@@H](C(=O)OCc2c(CC)c(F)cc(F)c2CC)C1(C)C. The van der Waals surface area contributed by atoms with Gasteiger partial charge in [0, 0.05) is 11.6 Å². The minimum absolute atomic E-state index is 0.0744. The van der Waals surface area contributed by atoms with E-state index in [1.54, 1.807) is 0 Å². The van der Waals surface area contributed by atoms with E-state index in [1.165, 1.54) is 0 Å². The van der Waals surface area contributed by atoms with Crippen LogP contribution in [-0.2, 0) is 29.0 Å². The van der Waals surface area contributed by atoms with Crippen molar-refractivity contribution in [3.05, 3.63) is 46.5 Å². The molecule has 0 aromatic heterocycles. The van der Waals surface area contributed by atoms with Crippen molar-refractivity contribution in [1.82, 2.24) is 0 Å². The van der Waals surface area contributed by atoms with Crippen molar-refractivity contribution in [1.29, 1.82) is 0 Å². The van der Waals surface area contributed by atoms with Crippen LogP contribution in [-0.4, -0.2) is 5.97 Å². The standard InChI is InChI=1S/C20H26F2O2/c1-6-9-15-18(20(15,4)5)19(23)24-11-14-12(7-2)16(21)10-17(22)13(14)8-3/h6,9-10,15,18H,7-8,11H2,1-5H3/b9-6-/t15-,18+/m1/s1. The maximum Gasteiger partial charge on any atom is 0.310 e. The molecule has 1 aromatic carbocycles. The predicted octanol–water partition coefficient (Wildman–Crippen LogP) is 4.98. The Morgan fingerprint density at radius 2 is 1.71 bits per heavy atom. The lowest BCUT2D eigenvalue weighted by atomic mass is 9.97. The lowest BCUT2D eigenvalue weighted by Crippen LogP contribution is -2.14. The van der Waals surface area contributed by atoms with E-state index in [0.717, 1.165) is 6.07 Å². The second-order valence-electron chi connectivity index (χ2n) is 6.94. The Labute approximate surface area is 142 Å². The summed E-state index contributed by atoms with van der Waals surface area (Å²) in [6.45, 7) is 9.53. The Morgan fingerprint density at radius 3 is 2.17 bits per heavy atom. The van der Waals surface area contributed by atoms with Crippen LogP contribution < -0.4 is 0 Å². The van der Waals surface area contributed by atoms with E-state index in [1.807, 2.05) is 46.8 Å². The first-order valence-electron chi connectivity index (χ1n) is 8.57. The van der Waals surface area contributed by atoms with Crippen LogP contribution in [0, 0.1) is 28.9 Å². The van der Waals surface area contributed by atoms with E-state index in [4.69, 9.17) is 4.74 Å². The van der Waals surface area contributed by atoms with Crippen LogP contribution in [0.5, 0.6) is 0 Å². The molecule has 1 aromatic rings. The molecule has 132 valence electrons. The number of rotatable bonds is 6. The average molecular weight is 336 g/mol. The third kappa shape index (κ3) is 3.24. The summed E-state index contributed by atoms with van der Waals surface area (Å²) in [7, 11) is 0. The van der Waals surface area contributed by atoms with Crippen LogP contribution in [0.15, 0.2) is 18.2 Å². The first kappa shape index (κ1) is 18.6. The number of allylic oxidation sites excluding steroid dienone is 2. The summed E-state index contributed by atoms with van der Waals surface area (Å²) < 4.78 is 33.5. The molecule has 1 aliphatic rings. The van der Waals surface area contributed by atoms with E-state index in [9.17, 15) is 13.6 Å². The van der Waals surface area contributed by atoms with E-state index in [0.29, 0.717) is 29.5 Å². The zero-order valence-corrected chi connectivity index (χ0v) is 15.1. The molecule has 4 heteroatoms. The normalized spacial score (nSPS) is 22.0. The molecule has 1 fully saturated rings. The van der Waals surface area contributed by atoms with Crippen molar-refractivity contribution >= 4 is 5.97 Å². The molecule has 0 N–H and O–H groups in total. The molecular formula is C20H26F2O2. The highest BCUT2D eigenvalue weighted by Crippen LogP contribution is 2.59. The molecule has 0 aliphatic heterocycles. The maximum atomic E-state index is 14.0. The van der Waals surface area contributed by atoms with Crippen molar-refractivity contribution in [2.75, 3.05) is 0 Å². The zero-order chi connectivity index (χ0) is 18.1. The average Bonchev–Trinajstić information content (AvgIpc) is 3.06. The van der Waals surface area contributed by atoms with Crippen LogP contribution in [0.4, 0.5) is 8.78 Å². The van der Waals surface area contributed by atoms with Gasteiger partial charge in [0.15, 0.2) is 0 Å². The molecule has 0 amide bonds. The maximum absolute atomic E-state index is 14.0. The highest BCUT2D eigenvalue weighted by molar-refractivity contribution is 5.78. The number of halogens is 2. The minimum atomic E-state index is -0.572. The van der Waals surface area contributed by atoms with Gasteiger partial charge in [0.1, 0.15) is 18.2 Å². The van der Waals surface area contributed by atoms with Crippen LogP contribution in [0.2, 0.25) is 0 Å². The van der Waals surface area contributed by atoms with E-state index in [-0.39, 0.29) is 29.8 Å². The summed E-state index contributed by atoms with van der Waals surface area (Å²) in [5, 5.41) is 0. The topological polar surface area (TPSA) is 26.3 Å². The van der Waals surface area contributed by atoms with Gasteiger partial charge in [-0.15, -0.1) is 0 Å². The minimum Gasteiger partial charge on any atom is -0.461 e. The van der Waals surface area contributed by atoms with E-state index >= 15 is 0 Å². The first-order chi connectivity index (χ1) is 11.3. The largest absolute Gasteiger partial charge is 0.461 e. The highest BCUT2D eigenvalue weighted by atomic mass is 19.1. The molecule has 1 saturated carbocycles. The third-order valence-corrected chi connectivity index (χ3v) is 5.19. The van der Waals surface area contributed by atoms with Crippen LogP contribution in [0.25, 0.3) is 0 Å². The second kappa shape index (κ2) is 7.04. The van der Waals surface area contributed by atoms with Gasteiger partial charge in [-0.25, -0.2) is 8.78 Å². The second-order valence-corrected chi connectivity index (χ2v) is 6.94. The zero-order valence-electron chi connectivity index (χ0n) is 15.1. The molecular weight excluding hydrogens is 310 g/mol. The molecule has 0 spiro atoms. The number of hydrogen-bond donors (Lipinski definition) is 0. The molecule has 0 radical (unpaired) electrons. The van der Waals surface area contributed by atoms with Gasteiger partial charge < -0.3 is 4.74 Å². The van der Waals surface area contributed by atoms with Gasteiger partial charge in [0.25, 0.3) is 0 Å². The molecule has 2 atom stereocenters. The first-order valence-corrected chi connectivity index (χ1v) is 8.57. The fourth-order valence-corrected chi connectivity index (χ4v) is 3.62. The summed E-state index contributed by atoms with van der Waals surface area (Å²) in [5.41, 5.74) is 1.21. The van der Waals surface area contributed by atoms with Crippen molar-refractivity contribution in [3.63, 3.8) is 0 Å². The Hall–Kier alpha value is -1.71. The lowest BCUT2D eigenvalue weighted by Gasteiger charge is -2.15. The predicted molar refractivity (Wildman–Crippen MR) is 90.5 cm³/mol. The van der Waals surface area contributed by atoms with Gasteiger partial charge in [0.2, 0.25) is 0 Å². The summed E-state index contributed by atoms with van der Waals surface area (Å²) >= 11 is 0. The summed E-state index contributed by atoms with van der Waals surface area (Å²) in [5.74, 6) is -1.47. The Bertz CT molecular complexity index is 634. The Kier molecular flexibility index (Phi) is 5.46. The molecule has 24 heavy (non-hydrogen) atoms.